The summed E-state index contributed by atoms with van der Waals surface area (Å²) in [5.41, 5.74) is 5.22. The summed E-state index contributed by atoms with van der Waals surface area (Å²) >= 11 is 1.62. The molecule has 0 spiro atoms. The molecule has 0 aliphatic heterocycles. The Labute approximate surface area is 174 Å². The largest absolute Gasteiger partial charge is 0.497 e. The van der Waals surface area contributed by atoms with Gasteiger partial charge in [0.25, 0.3) is 0 Å². The van der Waals surface area contributed by atoms with Gasteiger partial charge in [-0.1, -0.05) is 29.5 Å². The summed E-state index contributed by atoms with van der Waals surface area (Å²) in [4.78, 5) is 9.56. The molecular formula is C24H22N2O2S. The molecular weight excluding hydrogens is 380 g/mol. The molecule has 0 aliphatic rings. The number of imidazole rings is 1. The Morgan fingerprint density at radius 3 is 1.83 bits per heavy atom. The van der Waals surface area contributed by atoms with Crippen LogP contribution in [-0.4, -0.2) is 24.2 Å². The number of benzene rings is 3. The Morgan fingerprint density at radius 2 is 1.28 bits per heavy atom. The highest BCUT2D eigenvalue weighted by atomic mass is 32.2. The minimum atomic E-state index is 0.824. The first-order valence-corrected chi connectivity index (χ1v) is 10.1. The minimum absolute atomic E-state index is 0.824. The van der Waals surface area contributed by atoms with E-state index in [9.17, 15) is 0 Å². The van der Waals surface area contributed by atoms with Crippen molar-refractivity contribution >= 4 is 11.8 Å². The second-order valence-electron chi connectivity index (χ2n) is 6.64. The first-order valence-electron chi connectivity index (χ1n) is 9.29. The maximum atomic E-state index is 5.30. The van der Waals surface area contributed by atoms with Crippen molar-refractivity contribution in [3.05, 3.63) is 78.4 Å². The van der Waals surface area contributed by atoms with E-state index in [1.807, 2.05) is 48.5 Å². The molecule has 0 saturated carbocycles. The lowest BCUT2D eigenvalue weighted by Crippen LogP contribution is -1.87. The first-order chi connectivity index (χ1) is 14.2. The number of hydrogen-bond donors (Lipinski definition) is 1. The van der Waals surface area contributed by atoms with Gasteiger partial charge in [0.1, 0.15) is 11.5 Å². The van der Waals surface area contributed by atoms with Crippen molar-refractivity contribution < 1.29 is 9.47 Å². The fraction of sp³-hybridized carbons (Fsp3) is 0.125. The van der Waals surface area contributed by atoms with Crippen LogP contribution in [0.25, 0.3) is 22.5 Å². The van der Waals surface area contributed by atoms with E-state index < -0.39 is 0 Å². The molecule has 4 nitrogen and oxygen atoms in total. The van der Waals surface area contributed by atoms with E-state index in [-0.39, 0.29) is 0 Å². The van der Waals surface area contributed by atoms with Gasteiger partial charge in [-0.15, -0.1) is 0 Å². The van der Waals surface area contributed by atoms with Crippen LogP contribution in [0, 0.1) is 6.92 Å². The van der Waals surface area contributed by atoms with E-state index in [1.54, 1.807) is 26.0 Å². The van der Waals surface area contributed by atoms with Crippen LogP contribution in [-0.2, 0) is 0 Å². The number of aromatic nitrogens is 2. The van der Waals surface area contributed by atoms with Gasteiger partial charge < -0.3 is 14.5 Å². The van der Waals surface area contributed by atoms with Crippen molar-refractivity contribution in [3.8, 4) is 34.0 Å². The van der Waals surface area contributed by atoms with E-state index in [1.165, 1.54) is 5.56 Å². The van der Waals surface area contributed by atoms with E-state index in [2.05, 4.69) is 36.2 Å². The lowest BCUT2D eigenvalue weighted by atomic mass is 10.0. The molecule has 0 bridgehead atoms. The van der Waals surface area contributed by atoms with Crippen LogP contribution in [0.15, 0.2) is 82.8 Å². The van der Waals surface area contributed by atoms with Crippen molar-refractivity contribution in [2.45, 2.75) is 17.0 Å². The molecule has 1 N–H and O–H groups in total. The van der Waals surface area contributed by atoms with Crippen LogP contribution in [0.3, 0.4) is 0 Å². The van der Waals surface area contributed by atoms with Gasteiger partial charge in [0.15, 0.2) is 5.16 Å². The summed E-state index contributed by atoms with van der Waals surface area (Å²) in [6, 6.07) is 24.4. The molecule has 1 aromatic heterocycles. The van der Waals surface area contributed by atoms with Crippen LogP contribution < -0.4 is 9.47 Å². The highest BCUT2D eigenvalue weighted by Gasteiger charge is 2.15. The van der Waals surface area contributed by atoms with E-state index >= 15 is 0 Å². The van der Waals surface area contributed by atoms with Crippen LogP contribution in [0.2, 0.25) is 0 Å². The average molecular weight is 403 g/mol. The molecule has 0 unspecified atom stereocenters. The van der Waals surface area contributed by atoms with Crippen molar-refractivity contribution in [2.24, 2.45) is 0 Å². The number of hydrogen-bond acceptors (Lipinski definition) is 4. The Morgan fingerprint density at radius 1 is 0.724 bits per heavy atom. The molecule has 0 amide bonds. The molecule has 1 heterocycles. The van der Waals surface area contributed by atoms with E-state index in [4.69, 9.17) is 14.5 Å². The smallest absolute Gasteiger partial charge is 0.171 e. The molecule has 0 fully saturated rings. The number of ether oxygens (including phenoxy) is 2. The summed E-state index contributed by atoms with van der Waals surface area (Å²) in [6.45, 7) is 2.09. The van der Waals surface area contributed by atoms with Crippen LogP contribution in [0.5, 0.6) is 11.5 Å². The third-order valence-corrected chi connectivity index (χ3v) is 5.55. The van der Waals surface area contributed by atoms with Crippen molar-refractivity contribution in [2.75, 3.05) is 14.2 Å². The summed E-state index contributed by atoms with van der Waals surface area (Å²) in [5, 5.41) is 0.852. The van der Waals surface area contributed by atoms with Gasteiger partial charge in [-0.3, -0.25) is 0 Å². The first kappa shape index (κ1) is 19.2. The average Bonchev–Trinajstić information content (AvgIpc) is 3.19. The minimum Gasteiger partial charge on any atom is -0.497 e. The van der Waals surface area contributed by atoms with Crippen LogP contribution in [0.1, 0.15) is 5.56 Å². The molecule has 0 saturated heterocycles. The third-order valence-electron chi connectivity index (χ3n) is 4.66. The van der Waals surface area contributed by atoms with Gasteiger partial charge in [0, 0.05) is 16.0 Å². The number of H-pyrrole nitrogens is 1. The molecule has 146 valence electrons. The zero-order chi connectivity index (χ0) is 20.2. The van der Waals surface area contributed by atoms with Gasteiger partial charge >= 0.3 is 0 Å². The molecule has 0 aliphatic carbocycles. The number of nitrogens with one attached hydrogen (secondary N) is 1. The van der Waals surface area contributed by atoms with Crippen molar-refractivity contribution in [1.82, 2.24) is 9.97 Å². The molecule has 4 aromatic rings. The maximum Gasteiger partial charge on any atom is 0.171 e. The van der Waals surface area contributed by atoms with Crippen LogP contribution >= 0.6 is 11.8 Å². The van der Waals surface area contributed by atoms with Gasteiger partial charge in [0.05, 0.1) is 25.6 Å². The zero-order valence-corrected chi connectivity index (χ0v) is 17.4. The molecule has 5 heteroatoms. The Hall–Kier alpha value is -3.18. The zero-order valence-electron chi connectivity index (χ0n) is 16.6. The lowest BCUT2D eigenvalue weighted by molar-refractivity contribution is 0.414. The quantitative estimate of drug-likeness (QED) is 0.416. The highest BCUT2D eigenvalue weighted by molar-refractivity contribution is 7.99. The van der Waals surface area contributed by atoms with Gasteiger partial charge in [0.2, 0.25) is 0 Å². The monoisotopic (exact) mass is 402 g/mol. The maximum absolute atomic E-state index is 5.30. The fourth-order valence-electron chi connectivity index (χ4n) is 3.04. The Kier molecular flexibility index (Phi) is 5.58. The van der Waals surface area contributed by atoms with Gasteiger partial charge in [-0.25, -0.2) is 4.98 Å². The molecule has 0 radical (unpaired) electrons. The number of nitrogens with zero attached hydrogens (tertiary/aromatic N) is 1. The van der Waals surface area contributed by atoms with Crippen molar-refractivity contribution in [3.63, 3.8) is 0 Å². The van der Waals surface area contributed by atoms with Crippen molar-refractivity contribution in [1.29, 1.82) is 0 Å². The predicted molar refractivity (Wildman–Crippen MR) is 118 cm³/mol. The Bertz CT molecular complexity index is 1020. The summed E-state index contributed by atoms with van der Waals surface area (Å²) in [7, 11) is 3.34. The summed E-state index contributed by atoms with van der Waals surface area (Å²) in [5.74, 6) is 1.65. The fourth-order valence-corrected chi connectivity index (χ4v) is 3.83. The second-order valence-corrected chi connectivity index (χ2v) is 7.70. The van der Waals surface area contributed by atoms with E-state index in [0.717, 1.165) is 44.1 Å². The number of rotatable bonds is 6. The molecule has 4 rings (SSSR count). The van der Waals surface area contributed by atoms with E-state index in [0.29, 0.717) is 0 Å². The van der Waals surface area contributed by atoms with Crippen LogP contribution in [0.4, 0.5) is 0 Å². The lowest BCUT2D eigenvalue weighted by Gasteiger charge is -2.06. The number of aryl methyl sites for hydroxylation is 1. The number of methoxy groups -OCH3 is 2. The van der Waals surface area contributed by atoms with Gasteiger partial charge in [-0.05, 0) is 67.6 Å². The number of aromatic amines is 1. The summed E-state index contributed by atoms with van der Waals surface area (Å²) in [6.07, 6.45) is 0. The molecule has 3 aromatic carbocycles. The summed E-state index contributed by atoms with van der Waals surface area (Å²) < 4.78 is 10.6. The third kappa shape index (κ3) is 4.30. The molecule has 29 heavy (non-hydrogen) atoms. The van der Waals surface area contributed by atoms with Gasteiger partial charge in [-0.2, -0.15) is 0 Å². The topological polar surface area (TPSA) is 47.1 Å². The molecule has 0 atom stereocenters. The predicted octanol–water partition coefficient (Wildman–Crippen LogP) is 6.22. The Balaban J connectivity index is 1.75. The highest BCUT2D eigenvalue weighted by Crippen LogP contribution is 2.36. The standard InChI is InChI=1S/C24H22N2O2S/c1-16-4-14-21(15-5-16)29-24-25-22(17-6-10-19(27-2)11-7-17)23(26-24)18-8-12-20(28-3)13-9-18/h4-15H,1-3H3,(H,25,26). The normalized spacial score (nSPS) is 10.7. The SMILES string of the molecule is COc1ccc(-c2nc(Sc3ccc(C)cc3)[nH]c2-c2ccc(OC)cc2)cc1. The second kappa shape index (κ2) is 8.45.